The van der Waals surface area contributed by atoms with Gasteiger partial charge in [0.2, 0.25) is 0 Å². The number of nitrogens with zero attached hydrogens (tertiary/aromatic N) is 5. The van der Waals surface area contributed by atoms with Gasteiger partial charge in [0, 0.05) is 43.7 Å². The average Bonchev–Trinajstić information content (AvgIpc) is 3.64. The van der Waals surface area contributed by atoms with E-state index in [0.29, 0.717) is 35.8 Å². The predicted molar refractivity (Wildman–Crippen MR) is 169 cm³/mol. The molecular weight excluding hydrogens is 564 g/mol. The number of imidazole rings is 1. The zero-order valence-corrected chi connectivity index (χ0v) is 26.6. The van der Waals surface area contributed by atoms with Gasteiger partial charge in [0.15, 0.2) is 5.82 Å². The average molecular weight is 605 g/mol. The number of nitrogens with one attached hydrogen (secondary N) is 1. The van der Waals surface area contributed by atoms with Crippen molar-refractivity contribution in [2.45, 2.75) is 69.7 Å². The van der Waals surface area contributed by atoms with Crippen LogP contribution in [0.2, 0.25) is 0 Å². The predicted octanol–water partition coefficient (Wildman–Crippen LogP) is 5.86. The second-order valence-corrected chi connectivity index (χ2v) is 13.5. The molecule has 0 bridgehead atoms. The lowest BCUT2D eigenvalue weighted by molar-refractivity contribution is 0.0452. The second kappa shape index (κ2) is 11.4. The Morgan fingerprint density at radius 3 is 2.60 bits per heavy atom. The fourth-order valence-corrected chi connectivity index (χ4v) is 6.29. The van der Waals surface area contributed by atoms with E-state index in [0.717, 1.165) is 52.5 Å². The number of hydrogen-bond donors (Lipinski definition) is 1. The van der Waals surface area contributed by atoms with Crippen LogP contribution in [0.15, 0.2) is 35.4 Å². The van der Waals surface area contributed by atoms with Crippen LogP contribution in [0.5, 0.6) is 5.75 Å². The summed E-state index contributed by atoms with van der Waals surface area (Å²) >= 11 is 1.64. The third-order valence-electron chi connectivity index (χ3n) is 8.13. The number of aromatic nitrogens is 4. The van der Waals surface area contributed by atoms with E-state index in [1.807, 2.05) is 40.1 Å². The Labute approximate surface area is 256 Å². The van der Waals surface area contributed by atoms with E-state index in [1.165, 1.54) is 12.8 Å². The molecule has 11 heteroatoms. The van der Waals surface area contributed by atoms with Crippen molar-refractivity contribution in [3.8, 4) is 17.3 Å². The van der Waals surface area contributed by atoms with Gasteiger partial charge in [-0.25, -0.2) is 14.8 Å². The molecule has 1 atom stereocenters. The molecule has 1 saturated heterocycles. The molecule has 2 aliphatic rings. The minimum absolute atomic E-state index is 0.111. The third kappa shape index (κ3) is 6.04. The summed E-state index contributed by atoms with van der Waals surface area (Å²) in [5, 5.41) is 5.01. The smallest absolute Gasteiger partial charge is 0.407 e. The Morgan fingerprint density at radius 1 is 1.12 bits per heavy atom. The number of likely N-dealkylation sites (tertiary alicyclic amines) is 1. The molecule has 1 N–H and O–H groups in total. The highest BCUT2D eigenvalue weighted by Crippen LogP contribution is 2.38. The largest absolute Gasteiger partial charge is 0.494 e. The fraction of sp³-hybridized carbons (Fsp3) is 0.500. The number of rotatable bonds is 7. The number of alkyl carbamates (subject to hydrolysis) is 1. The van der Waals surface area contributed by atoms with Crippen molar-refractivity contribution in [1.29, 1.82) is 0 Å². The van der Waals surface area contributed by atoms with Gasteiger partial charge in [-0.15, -0.1) is 11.8 Å². The highest BCUT2D eigenvalue weighted by Gasteiger charge is 2.30. The summed E-state index contributed by atoms with van der Waals surface area (Å²) in [6.45, 7) is 7.44. The van der Waals surface area contributed by atoms with Crippen LogP contribution in [0.3, 0.4) is 0 Å². The minimum Gasteiger partial charge on any atom is -0.494 e. The Balaban J connectivity index is 1.33. The van der Waals surface area contributed by atoms with E-state index in [4.69, 9.17) is 19.4 Å². The Hall–Kier alpha value is -3.73. The van der Waals surface area contributed by atoms with E-state index in [-0.39, 0.29) is 11.9 Å². The summed E-state index contributed by atoms with van der Waals surface area (Å²) in [6, 6.07) is 9.83. The van der Waals surface area contributed by atoms with Crippen molar-refractivity contribution in [3.63, 3.8) is 0 Å². The normalized spacial score (nSPS) is 17.4. The molecule has 1 aliphatic carbocycles. The number of hydrogen-bond acceptors (Lipinski definition) is 7. The molecule has 2 fully saturated rings. The van der Waals surface area contributed by atoms with E-state index in [9.17, 15) is 9.59 Å². The van der Waals surface area contributed by atoms with Gasteiger partial charge >= 0.3 is 6.09 Å². The van der Waals surface area contributed by atoms with Crippen molar-refractivity contribution in [1.82, 2.24) is 29.3 Å². The van der Waals surface area contributed by atoms with Crippen LogP contribution >= 0.6 is 11.8 Å². The van der Waals surface area contributed by atoms with Gasteiger partial charge in [-0.1, -0.05) is 0 Å². The molecule has 228 valence electrons. The van der Waals surface area contributed by atoms with E-state index in [1.54, 1.807) is 29.8 Å². The van der Waals surface area contributed by atoms with Crippen molar-refractivity contribution in [3.05, 3.63) is 35.9 Å². The van der Waals surface area contributed by atoms with Crippen molar-refractivity contribution in [2.24, 2.45) is 13.0 Å². The molecule has 6 rings (SSSR count). The topological polar surface area (TPSA) is 104 Å². The molecule has 0 spiro atoms. The number of benzene rings is 1. The van der Waals surface area contributed by atoms with Crippen LogP contribution in [-0.4, -0.2) is 74.1 Å². The standard InChI is InChI=1S/C32H40N6O4S/c1-32(2,3)42-31(40)33-22-8-7-13-37(18-22)30(39)21-14-23-27(25(16-21)41-5)36(4)29(34-23)24-15-20-11-12-26(43-6)35-28(20)38(24)17-19-9-10-19/h11-12,14-16,19,22H,7-10,13,17-18H2,1-6H3,(H,33,40). The number of amides is 2. The van der Waals surface area contributed by atoms with Gasteiger partial charge in [0.05, 0.1) is 23.3 Å². The zero-order chi connectivity index (χ0) is 30.5. The number of aryl methyl sites for hydroxylation is 1. The first-order valence-electron chi connectivity index (χ1n) is 14.9. The van der Waals surface area contributed by atoms with Crippen LogP contribution in [0, 0.1) is 5.92 Å². The molecule has 1 unspecified atom stereocenters. The number of piperidine rings is 1. The zero-order valence-electron chi connectivity index (χ0n) is 25.8. The Bertz CT molecular complexity index is 1700. The first-order chi connectivity index (χ1) is 20.5. The lowest BCUT2D eigenvalue weighted by Crippen LogP contribution is -2.50. The summed E-state index contributed by atoms with van der Waals surface area (Å²) in [6.07, 6.45) is 5.62. The van der Waals surface area contributed by atoms with Gasteiger partial charge in [-0.05, 0) is 89.0 Å². The van der Waals surface area contributed by atoms with Crippen LogP contribution in [-0.2, 0) is 18.3 Å². The molecule has 4 aromatic rings. The van der Waals surface area contributed by atoms with Crippen molar-refractivity contribution >= 4 is 45.8 Å². The SMILES string of the molecule is COc1cc(C(=O)N2CCCC(NC(=O)OC(C)(C)C)C2)cc2nc(-c3cc4ccc(SC)nc4n3CC3CC3)n(C)c12. The molecular formula is C32H40N6O4S. The minimum atomic E-state index is -0.581. The second-order valence-electron chi connectivity index (χ2n) is 12.6. The number of pyridine rings is 1. The summed E-state index contributed by atoms with van der Waals surface area (Å²) in [5.74, 6) is 1.94. The van der Waals surface area contributed by atoms with Crippen LogP contribution in [0.25, 0.3) is 33.6 Å². The lowest BCUT2D eigenvalue weighted by Gasteiger charge is -2.33. The number of ether oxygens (including phenoxy) is 2. The maximum Gasteiger partial charge on any atom is 0.407 e. The first kappa shape index (κ1) is 29.3. The number of thioether (sulfide) groups is 1. The number of carbonyl (C=O) groups excluding carboxylic acids is 2. The van der Waals surface area contributed by atoms with Crippen LogP contribution < -0.4 is 10.1 Å². The summed E-state index contributed by atoms with van der Waals surface area (Å²) < 4.78 is 15.6. The molecule has 2 amide bonds. The third-order valence-corrected chi connectivity index (χ3v) is 8.77. The Kier molecular flexibility index (Phi) is 7.78. The molecule has 1 saturated carbocycles. The molecule has 4 heterocycles. The highest BCUT2D eigenvalue weighted by molar-refractivity contribution is 7.98. The van der Waals surface area contributed by atoms with E-state index >= 15 is 0 Å². The van der Waals surface area contributed by atoms with Gasteiger partial charge in [-0.2, -0.15) is 0 Å². The number of carbonyl (C=O) groups is 2. The molecule has 43 heavy (non-hydrogen) atoms. The Morgan fingerprint density at radius 2 is 1.91 bits per heavy atom. The molecule has 10 nitrogen and oxygen atoms in total. The van der Waals surface area contributed by atoms with Gasteiger partial charge in [0.1, 0.15) is 22.5 Å². The number of fused-ring (bicyclic) bond motifs is 2. The fourth-order valence-electron chi connectivity index (χ4n) is 5.91. The van der Waals surface area contributed by atoms with Crippen LogP contribution in [0.4, 0.5) is 4.79 Å². The summed E-state index contributed by atoms with van der Waals surface area (Å²) in [4.78, 5) is 37.9. The van der Waals surface area contributed by atoms with Gasteiger partial charge in [-0.3, -0.25) is 4.79 Å². The van der Waals surface area contributed by atoms with E-state index in [2.05, 4.69) is 32.7 Å². The molecule has 1 aliphatic heterocycles. The highest BCUT2D eigenvalue weighted by atomic mass is 32.2. The maximum atomic E-state index is 13.8. The lowest BCUT2D eigenvalue weighted by atomic mass is 10.0. The number of methoxy groups -OCH3 is 1. The van der Waals surface area contributed by atoms with Gasteiger partial charge < -0.3 is 28.8 Å². The maximum absolute atomic E-state index is 13.8. The van der Waals surface area contributed by atoms with E-state index < -0.39 is 11.7 Å². The monoisotopic (exact) mass is 604 g/mol. The first-order valence-corrected chi connectivity index (χ1v) is 16.1. The van der Waals surface area contributed by atoms with Crippen LogP contribution in [0.1, 0.15) is 56.8 Å². The quantitative estimate of drug-likeness (QED) is 0.264. The molecule has 0 radical (unpaired) electrons. The van der Waals surface area contributed by atoms with Gasteiger partial charge in [0.25, 0.3) is 5.91 Å². The molecule has 3 aromatic heterocycles. The summed E-state index contributed by atoms with van der Waals surface area (Å²) in [5.41, 5.74) is 3.44. The summed E-state index contributed by atoms with van der Waals surface area (Å²) in [7, 11) is 3.61. The van der Waals surface area contributed by atoms with Crippen molar-refractivity contribution in [2.75, 3.05) is 26.5 Å². The van der Waals surface area contributed by atoms with Crippen molar-refractivity contribution < 1.29 is 19.1 Å². The molecule has 1 aromatic carbocycles.